The first-order chi connectivity index (χ1) is 21.6. The fraction of sp³-hybridized carbons (Fsp3) is 0.394. The first kappa shape index (κ1) is 31.2. The molecule has 0 radical (unpaired) electrons. The number of benzene rings is 3. The van der Waals surface area contributed by atoms with E-state index in [9.17, 15) is 18.0 Å². The zero-order valence-corrected chi connectivity index (χ0v) is 29.8. The SMILES string of the molecule is CC(=O)N1CCc2cc(Br)c(S(=O)(=O)N3CCc4ccc(CC(=O)N5CCc6cc(Br)c(SN7CCCCC7)cc65)cc43)cc21. The third-order valence-corrected chi connectivity index (χ3v) is 14.1. The van der Waals surface area contributed by atoms with Gasteiger partial charge in [0.1, 0.15) is 4.90 Å². The van der Waals surface area contributed by atoms with Gasteiger partial charge >= 0.3 is 0 Å². The summed E-state index contributed by atoms with van der Waals surface area (Å²) in [6.07, 6.45) is 5.97. The van der Waals surface area contributed by atoms with Gasteiger partial charge in [-0.2, -0.15) is 0 Å². The topological polar surface area (TPSA) is 81.2 Å². The van der Waals surface area contributed by atoms with Crippen molar-refractivity contribution in [1.82, 2.24) is 4.31 Å². The Hall–Kier alpha value is -2.38. The van der Waals surface area contributed by atoms with Crippen LogP contribution in [0.3, 0.4) is 0 Å². The first-order valence-electron chi connectivity index (χ1n) is 15.4. The van der Waals surface area contributed by atoms with Gasteiger partial charge < -0.3 is 9.80 Å². The highest BCUT2D eigenvalue weighted by Crippen LogP contribution is 2.42. The maximum atomic E-state index is 14.1. The van der Waals surface area contributed by atoms with E-state index in [1.54, 1.807) is 22.9 Å². The van der Waals surface area contributed by atoms with E-state index in [1.165, 1.54) is 30.5 Å². The summed E-state index contributed by atoms with van der Waals surface area (Å²) in [7, 11) is -3.93. The van der Waals surface area contributed by atoms with E-state index in [-0.39, 0.29) is 23.1 Å². The quantitative estimate of drug-likeness (QED) is 0.267. The fourth-order valence-corrected chi connectivity index (χ4v) is 11.1. The second-order valence-electron chi connectivity index (χ2n) is 12.1. The van der Waals surface area contributed by atoms with E-state index in [2.05, 4.69) is 48.3 Å². The van der Waals surface area contributed by atoms with Crippen LogP contribution in [0.4, 0.5) is 17.1 Å². The largest absolute Gasteiger partial charge is 0.312 e. The molecule has 4 heterocycles. The number of fused-ring (bicyclic) bond motifs is 3. The van der Waals surface area contributed by atoms with Crippen LogP contribution in [0.2, 0.25) is 0 Å². The van der Waals surface area contributed by atoms with Gasteiger partial charge in [0.25, 0.3) is 10.0 Å². The Bertz CT molecular complexity index is 1830. The average Bonchev–Trinajstić information content (AvgIpc) is 3.74. The molecule has 0 N–H and O–H groups in total. The Morgan fingerprint density at radius 3 is 2.16 bits per heavy atom. The predicted octanol–water partition coefficient (Wildman–Crippen LogP) is 6.50. The minimum Gasteiger partial charge on any atom is -0.312 e. The van der Waals surface area contributed by atoms with Gasteiger partial charge in [-0.1, -0.05) is 18.6 Å². The third kappa shape index (κ3) is 5.86. The minimum atomic E-state index is -3.93. The molecule has 0 spiro atoms. The number of amides is 2. The number of piperidine rings is 1. The average molecular weight is 775 g/mol. The van der Waals surface area contributed by atoms with Gasteiger partial charge in [0, 0.05) is 64.9 Å². The van der Waals surface area contributed by atoms with Crippen LogP contribution in [0.1, 0.15) is 48.4 Å². The number of anilines is 3. The molecule has 0 unspecified atom stereocenters. The molecule has 3 aromatic carbocycles. The first-order valence-corrected chi connectivity index (χ1v) is 19.2. The van der Waals surface area contributed by atoms with E-state index in [0.717, 1.165) is 56.8 Å². The molecule has 45 heavy (non-hydrogen) atoms. The van der Waals surface area contributed by atoms with Crippen LogP contribution in [0, 0.1) is 0 Å². The van der Waals surface area contributed by atoms with Crippen molar-refractivity contribution in [3.8, 4) is 0 Å². The number of halogens is 2. The van der Waals surface area contributed by atoms with E-state index in [4.69, 9.17) is 0 Å². The van der Waals surface area contributed by atoms with E-state index in [0.29, 0.717) is 48.3 Å². The summed E-state index contributed by atoms with van der Waals surface area (Å²) in [4.78, 5) is 30.7. The number of hydrogen-bond donors (Lipinski definition) is 0. The van der Waals surface area contributed by atoms with Gasteiger partial charge in [0.05, 0.1) is 12.1 Å². The molecule has 0 aromatic heterocycles. The van der Waals surface area contributed by atoms with Crippen LogP contribution < -0.4 is 14.1 Å². The Kier molecular flexibility index (Phi) is 8.56. The molecule has 0 bridgehead atoms. The molecule has 8 nitrogen and oxygen atoms in total. The predicted molar refractivity (Wildman–Crippen MR) is 186 cm³/mol. The number of nitrogens with zero attached hydrogens (tertiary/aromatic N) is 4. The Balaban J connectivity index is 1.12. The van der Waals surface area contributed by atoms with Gasteiger partial charge in [0.2, 0.25) is 11.8 Å². The molecular formula is C33H34Br2N4O4S2. The Morgan fingerprint density at radius 1 is 0.756 bits per heavy atom. The van der Waals surface area contributed by atoms with Crippen molar-refractivity contribution in [2.75, 3.05) is 46.8 Å². The van der Waals surface area contributed by atoms with Gasteiger partial charge in [-0.3, -0.25) is 13.9 Å². The van der Waals surface area contributed by atoms with Gasteiger partial charge in [-0.05, 0) is 128 Å². The lowest BCUT2D eigenvalue weighted by Crippen LogP contribution is -2.31. The lowest BCUT2D eigenvalue weighted by molar-refractivity contribution is -0.118. The zero-order chi connectivity index (χ0) is 31.5. The van der Waals surface area contributed by atoms with Crippen molar-refractivity contribution in [3.63, 3.8) is 0 Å². The molecule has 2 amide bonds. The van der Waals surface area contributed by atoms with E-state index < -0.39 is 10.0 Å². The van der Waals surface area contributed by atoms with Crippen molar-refractivity contribution < 1.29 is 18.0 Å². The number of rotatable bonds is 6. The molecule has 4 aliphatic heterocycles. The monoisotopic (exact) mass is 772 g/mol. The maximum absolute atomic E-state index is 14.1. The molecule has 236 valence electrons. The molecule has 1 fully saturated rings. The summed E-state index contributed by atoms with van der Waals surface area (Å²) in [6, 6.07) is 13.5. The number of hydrogen-bond acceptors (Lipinski definition) is 6. The molecule has 3 aromatic rings. The standard InChI is InChI=1S/C33H34Br2N4O4S2/c1-21(40)37-12-7-25-18-27(35)32(20-29(25)37)45(42,43)39-14-9-23-6-5-22(15-30(23)39)16-33(41)38-13-8-24-17-26(34)31(19-28(24)38)44-36-10-3-2-4-11-36/h5-6,15,17-20H,2-4,7-14,16H2,1H3. The van der Waals surface area contributed by atoms with E-state index in [1.807, 2.05) is 29.2 Å². The van der Waals surface area contributed by atoms with Crippen LogP contribution in [0.5, 0.6) is 0 Å². The summed E-state index contributed by atoms with van der Waals surface area (Å²) < 4.78 is 33.6. The highest BCUT2D eigenvalue weighted by Gasteiger charge is 2.35. The maximum Gasteiger partial charge on any atom is 0.265 e. The zero-order valence-electron chi connectivity index (χ0n) is 25.0. The van der Waals surface area contributed by atoms with Crippen LogP contribution in [0.25, 0.3) is 0 Å². The molecule has 12 heteroatoms. The number of carbonyl (C=O) groups is 2. The summed E-state index contributed by atoms with van der Waals surface area (Å²) >= 11 is 9.02. The highest BCUT2D eigenvalue weighted by molar-refractivity contribution is 9.10. The normalized spacial score (nSPS) is 17.9. The van der Waals surface area contributed by atoms with Gasteiger partial charge in [0.15, 0.2) is 0 Å². The van der Waals surface area contributed by atoms with Gasteiger partial charge in [-0.15, -0.1) is 0 Å². The molecule has 7 rings (SSSR count). The summed E-state index contributed by atoms with van der Waals surface area (Å²) in [5.74, 6) is -0.103. The van der Waals surface area contributed by atoms with Crippen molar-refractivity contribution in [3.05, 3.63) is 73.7 Å². The van der Waals surface area contributed by atoms with Crippen molar-refractivity contribution in [1.29, 1.82) is 0 Å². The van der Waals surface area contributed by atoms with Crippen LogP contribution >= 0.6 is 43.8 Å². The lowest BCUT2D eigenvalue weighted by atomic mass is 10.1. The minimum absolute atomic E-state index is 0.00281. The van der Waals surface area contributed by atoms with Crippen LogP contribution in [-0.4, -0.2) is 57.3 Å². The molecule has 4 aliphatic rings. The van der Waals surface area contributed by atoms with E-state index >= 15 is 0 Å². The van der Waals surface area contributed by atoms with Crippen molar-refractivity contribution in [2.24, 2.45) is 0 Å². The molecular weight excluding hydrogens is 740 g/mol. The molecule has 0 aliphatic carbocycles. The smallest absolute Gasteiger partial charge is 0.265 e. The summed E-state index contributed by atoms with van der Waals surface area (Å²) in [6.45, 7) is 5.14. The Labute approximate surface area is 285 Å². The van der Waals surface area contributed by atoms with Crippen molar-refractivity contribution in [2.45, 2.75) is 61.7 Å². The van der Waals surface area contributed by atoms with Gasteiger partial charge in [-0.25, -0.2) is 12.7 Å². The molecule has 0 atom stereocenters. The van der Waals surface area contributed by atoms with Crippen LogP contribution in [0.15, 0.2) is 61.2 Å². The summed E-state index contributed by atoms with van der Waals surface area (Å²) in [5.41, 5.74) is 6.06. The fourth-order valence-electron chi connectivity index (χ4n) is 6.87. The van der Waals surface area contributed by atoms with Crippen molar-refractivity contribution >= 4 is 82.7 Å². The second kappa shape index (κ2) is 12.3. The van der Waals surface area contributed by atoms with Crippen LogP contribution in [-0.2, 0) is 45.3 Å². The summed E-state index contributed by atoms with van der Waals surface area (Å²) in [5, 5.41) is 0. The Morgan fingerprint density at radius 2 is 1.42 bits per heavy atom. The highest BCUT2D eigenvalue weighted by atomic mass is 79.9. The third-order valence-electron chi connectivity index (χ3n) is 9.21. The second-order valence-corrected chi connectivity index (χ2v) is 16.8. The number of carbonyl (C=O) groups excluding carboxylic acids is 2. The molecule has 0 saturated carbocycles. The lowest BCUT2D eigenvalue weighted by Gasteiger charge is -2.26. The molecule has 1 saturated heterocycles. The number of sulfonamides is 1.